The van der Waals surface area contributed by atoms with Gasteiger partial charge in [-0.15, -0.1) is 0 Å². The van der Waals surface area contributed by atoms with Crippen molar-refractivity contribution in [2.24, 2.45) is 5.92 Å². The third-order valence-corrected chi connectivity index (χ3v) is 3.85. The Kier molecular flexibility index (Phi) is 6.00. The first-order valence-corrected chi connectivity index (χ1v) is 7.91. The molecular formula is C19H22N2O4. The van der Waals surface area contributed by atoms with Crippen LogP contribution in [0.15, 0.2) is 48.5 Å². The zero-order valence-corrected chi connectivity index (χ0v) is 14.5. The molecular weight excluding hydrogens is 320 g/mol. The van der Waals surface area contributed by atoms with Gasteiger partial charge in [0.25, 0.3) is 5.91 Å². The summed E-state index contributed by atoms with van der Waals surface area (Å²) in [5.41, 5.74) is 1.84. The molecule has 6 nitrogen and oxygen atoms in total. The van der Waals surface area contributed by atoms with Crippen molar-refractivity contribution in [2.45, 2.75) is 6.92 Å². The first kappa shape index (κ1) is 18.3. The molecule has 132 valence electrons. The Balaban J connectivity index is 2.25. The smallest absolute Gasteiger partial charge is 0.308 e. The van der Waals surface area contributed by atoms with Crippen LogP contribution in [-0.2, 0) is 4.79 Å². The number of methoxy groups -OCH3 is 1. The van der Waals surface area contributed by atoms with Gasteiger partial charge in [0.2, 0.25) is 0 Å². The van der Waals surface area contributed by atoms with E-state index in [2.05, 4.69) is 5.32 Å². The lowest BCUT2D eigenvalue weighted by molar-refractivity contribution is -0.141. The van der Waals surface area contributed by atoms with Crippen LogP contribution in [0.1, 0.15) is 17.3 Å². The van der Waals surface area contributed by atoms with Gasteiger partial charge in [-0.2, -0.15) is 0 Å². The van der Waals surface area contributed by atoms with Crippen LogP contribution < -0.4 is 10.1 Å². The van der Waals surface area contributed by atoms with Crippen molar-refractivity contribution in [2.75, 3.05) is 26.0 Å². The second-order valence-corrected chi connectivity index (χ2v) is 5.80. The second-order valence-electron chi connectivity index (χ2n) is 5.80. The van der Waals surface area contributed by atoms with Crippen LogP contribution in [0.5, 0.6) is 5.75 Å². The van der Waals surface area contributed by atoms with Crippen molar-refractivity contribution in [1.29, 1.82) is 0 Å². The number of carbonyl (C=O) groups is 2. The van der Waals surface area contributed by atoms with Gasteiger partial charge in [-0.1, -0.05) is 31.2 Å². The lowest BCUT2D eigenvalue weighted by atomic mass is 10.1. The van der Waals surface area contributed by atoms with E-state index in [0.29, 0.717) is 17.0 Å². The molecule has 6 heteroatoms. The summed E-state index contributed by atoms with van der Waals surface area (Å²) in [6.07, 6.45) is 0. The van der Waals surface area contributed by atoms with Crippen LogP contribution in [0.25, 0.3) is 0 Å². The van der Waals surface area contributed by atoms with Crippen molar-refractivity contribution >= 4 is 23.3 Å². The van der Waals surface area contributed by atoms with Crippen LogP contribution >= 0.6 is 0 Å². The SMILES string of the molecule is COc1ccccc1Nc1ccccc1C(=O)N(C)CC(C)C(=O)O. The Morgan fingerprint density at radius 3 is 2.36 bits per heavy atom. The fourth-order valence-corrected chi connectivity index (χ4v) is 2.45. The second kappa shape index (κ2) is 8.19. The zero-order chi connectivity index (χ0) is 18.4. The van der Waals surface area contributed by atoms with Crippen LogP contribution in [0.4, 0.5) is 11.4 Å². The Hall–Kier alpha value is -3.02. The van der Waals surface area contributed by atoms with E-state index in [-0.39, 0.29) is 12.5 Å². The number of para-hydroxylation sites is 3. The zero-order valence-electron chi connectivity index (χ0n) is 14.5. The molecule has 2 aromatic carbocycles. The average molecular weight is 342 g/mol. The minimum atomic E-state index is -0.930. The van der Waals surface area contributed by atoms with Crippen molar-refractivity contribution < 1.29 is 19.4 Å². The fourth-order valence-electron chi connectivity index (χ4n) is 2.45. The maximum Gasteiger partial charge on any atom is 0.308 e. The molecule has 0 saturated carbocycles. The third-order valence-electron chi connectivity index (χ3n) is 3.85. The highest BCUT2D eigenvalue weighted by molar-refractivity contribution is 6.00. The van der Waals surface area contributed by atoms with Crippen molar-refractivity contribution in [3.8, 4) is 5.75 Å². The molecule has 1 atom stereocenters. The summed E-state index contributed by atoms with van der Waals surface area (Å²) in [5.74, 6) is -1.15. The van der Waals surface area contributed by atoms with E-state index in [9.17, 15) is 9.59 Å². The van der Waals surface area contributed by atoms with E-state index in [1.165, 1.54) is 4.90 Å². The average Bonchev–Trinajstić information content (AvgIpc) is 2.61. The highest BCUT2D eigenvalue weighted by Crippen LogP contribution is 2.29. The molecule has 1 amide bonds. The molecule has 2 aromatic rings. The van der Waals surface area contributed by atoms with Crippen LogP contribution in [0.2, 0.25) is 0 Å². The van der Waals surface area contributed by atoms with Gasteiger partial charge >= 0.3 is 5.97 Å². The van der Waals surface area contributed by atoms with Crippen molar-refractivity contribution in [1.82, 2.24) is 4.90 Å². The van der Waals surface area contributed by atoms with Crippen molar-refractivity contribution in [3.05, 3.63) is 54.1 Å². The molecule has 0 aromatic heterocycles. The number of hydrogen-bond donors (Lipinski definition) is 2. The third kappa shape index (κ3) is 4.50. The number of carboxylic acids is 1. The maximum absolute atomic E-state index is 12.7. The predicted molar refractivity (Wildman–Crippen MR) is 96.5 cm³/mol. The summed E-state index contributed by atoms with van der Waals surface area (Å²) < 4.78 is 5.32. The number of benzene rings is 2. The summed E-state index contributed by atoms with van der Waals surface area (Å²) in [4.78, 5) is 25.2. The molecule has 0 fully saturated rings. The van der Waals surface area contributed by atoms with Gasteiger partial charge in [-0.05, 0) is 24.3 Å². The fraction of sp³-hybridized carbons (Fsp3) is 0.263. The van der Waals surface area contributed by atoms with E-state index in [1.54, 1.807) is 39.3 Å². The molecule has 0 heterocycles. The highest BCUT2D eigenvalue weighted by atomic mass is 16.5. The van der Waals surface area contributed by atoms with Gasteiger partial charge in [-0.3, -0.25) is 9.59 Å². The molecule has 2 rings (SSSR count). The molecule has 0 spiro atoms. The van der Waals surface area contributed by atoms with Crippen molar-refractivity contribution in [3.63, 3.8) is 0 Å². The monoisotopic (exact) mass is 342 g/mol. The molecule has 25 heavy (non-hydrogen) atoms. The molecule has 0 aliphatic carbocycles. The van der Waals surface area contributed by atoms with Gasteiger partial charge in [0.15, 0.2) is 0 Å². The lowest BCUT2D eigenvalue weighted by Crippen LogP contribution is -2.34. The molecule has 0 aliphatic rings. The summed E-state index contributed by atoms with van der Waals surface area (Å²) in [6, 6.07) is 14.5. The maximum atomic E-state index is 12.7. The normalized spacial score (nSPS) is 11.5. The molecule has 0 radical (unpaired) electrons. The van der Waals surface area contributed by atoms with E-state index in [1.807, 2.05) is 30.3 Å². The number of nitrogens with one attached hydrogen (secondary N) is 1. The molecule has 2 N–H and O–H groups in total. The number of nitrogens with zero attached hydrogens (tertiary/aromatic N) is 1. The number of aliphatic carboxylic acids is 1. The molecule has 1 unspecified atom stereocenters. The van der Waals surface area contributed by atoms with E-state index >= 15 is 0 Å². The number of rotatable bonds is 7. The molecule has 0 saturated heterocycles. The quantitative estimate of drug-likeness (QED) is 0.808. The number of carbonyl (C=O) groups excluding carboxylic acids is 1. The number of ether oxygens (including phenoxy) is 1. The number of hydrogen-bond acceptors (Lipinski definition) is 4. The summed E-state index contributed by atoms with van der Waals surface area (Å²) in [5, 5.41) is 12.2. The first-order valence-electron chi connectivity index (χ1n) is 7.91. The van der Waals surface area contributed by atoms with Crippen LogP contribution in [0.3, 0.4) is 0 Å². The summed E-state index contributed by atoms with van der Waals surface area (Å²) >= 11 is 0. The Bertz CT molecular complexity index is 761. The Morgan fingerprint density at radius 1 is 1.12 bits per heavy atom. The summed E-state index contributed by atoms with van der Waals surface area (Å²) in [7, 11) is 3.18. The molecule has 0 aliphatic heterocycles. The van der Waals surface area contributed by atoms with E-state index in [4.69, 9.17) is 9.84 Å². The largest absolute Gasteiger partial charge is 0.495 e. The van der Waals surface area contributed by atoms with Gasteiger partial charge in [0.05, 0.1) is 30.0 Å². The van der Waals surface area contributed by atoms with Crippen LogP contribution in [-0.4, -0.2) is 42.6 Å². The predicted octanol–water partition coefficient (Wildman–Crippen LogP) is 3.23. The lowest BCUT2D eigenvalue weighted by Gasteiger charge is -2.21. The Morgan fingerprint density at radius 2 is 1.72 bits per heavy atom. The minimum absolute atomic E-state index is 0.136. The van der Waals surface area contributed by atoms with Gasteiger partial charge < -0.3 is 20.1 Å². The van der Waals surface area contributed by atoms with Gasteiger partial charge in [-0.25, -0.2) is 0 Å². The minimum Gasteiger partial charge on any atom is -0.495 e. The topological polar surface area (TPSA) is 78.9 Å². The number of carboxylic acid groups (broad SMARTS) is 1. The van der Waals surface area contributed by atoms with Crippen LogP contribution in [0, 0.1) is 5.92 Å². The van der Waals surface area contributed by atoms with Gasteiger partial charge in [0, 0.05) is 13.6 Å². The highest BCUT2D eigenvalue weighted by Gasteiger charge is 2.20. The number of anilines is 2. The Labute approximate surface area is 147 Å². The number of amides is 1. The van der Waals surface area contributed by atoms with E-state index in [0.717, 1.165) is 5.69 Å². The summed E-state index contributed by atoms with van der Waals surface area (Å²) in [6.45, 7) is 1.71. The molecule has 0 bridgehead atoms. The first-order chi connectivity index (χ1) is 11.9. The standard InChI is InChI=1S/C19H22N2O4/c1-13(19(23)24)12-21(2)18(22)14-8-4-5-9-15(14)20-16-10-6-7-11-17(16)25-3/h4-11,13,20H,12H2,1-3H3,(H,23,24). The van der Waals surface area contributed by atoms with Gasteiger partial charge in [0.1, 0.15) is 5.75 Å². The van der Waals surface area contributed by atoms with E-state index < -0.39 is 11.9 Å².